The van der Waals surface area contributed by atoms with Gasteiger partial charge < -0.3 is 0 Å². The van der Waals surface area contributed by atoms with Gasteiger partial charge >= 0.3 is 8.03 Å². The van der Waals surface area contributed by atoms with E-state index in [2.05, 4.69) is 0 Å². The lowest BCUT2D eigenvalue weighted by atomic mass is 10.2. The van der Waals surface area contributed by atoms with E-state index in [1.807, 2.05) is 30.3 Å². The lowest BCUT2D eigenvalue weighted by Crippen LogP contribution is -1.89. The first kappa shape index (κ1) is 13.8. The maximum atomic E-state index is 13.0. The van der Waals surface area contributed by atoms with Crippen molar-refractivity contribution in [1.82, 2.24) is 0 Å². The SMILES string of the molecule is O=[P+](Cc1cc(F)cc(F)c1)OCc1ccccc1. The predicted molar refractivity (Wildman–Crippen MR) is 68.9 cm³/mol. The van der Waals surface area contributed by atoms with Gasteiger partial charge in [-0.25, -0.2) is 8.78 Å². The van der Waals surface area contributed by atoms with Crippen molar-refractivity contribution in [3.8, 4) is 0 Å². The Balaban J connectivity index is 1.91. The molecule has 98 valence electrons. The average Bonchev–Trinajstić information content (AvgIpc) is 2.36. The summed E-state index contributed by atoms with van der Waals surface area (Å²) in [4.78, 5) is 0. The van der Waals surface area contributed by atoms with Gasteiger partial charge in [0.2, 0.25) is 6.16 Å². The standard InChI is InChI=1S/C14H12F2O2P/c15-13-6-12(7-14(16)8-13)10-19(17)18-9-11-4-2-1-3-5-11/h1-8H,9-10H2/q+1. The lowest BCUT2D eigenvalue weighted by molar-refractivity contribution is 0.318. The molecule has 0 spiro atoms. The zero-order valence-electron chi connectivity index (χ0n) is 10.1. The van der Waals surface area contributed by atoms with Crippen molar-refractivity contribution < 1.29 is 17.9 Å². The van der Waals surface area contributed by atoms with Crippen molar-refractivity contribution in [2.75, 3.05) is 0 Å². The summed E-state index contributed by atoms with van der Waals surface area (Å²) in [5.41, 5.74) is 1.22. The van der Waals surface area contributed by atoms with Crippen molar-refractivity contribution in [3.63, 3.8) is 0 Å². The number of hydrogen-bond donors (Lipinski definition) is 0. The molecule has 2 aromatic rings. The summed E-state index contributed by atoms with van der Waals surface area (Å²) < 4.78 is 42.8. The molecule has 0 N–H and O–H groups in total. The second-order valence-corrected chi connectivity index (χ2v) is 5.27. The first-order chi connectivity index (χ1) is 9.13. The fraction of sp³-hybridized carbons (Fsp3) is 0.143. The van der Waals surface area contributed by atoms with E-state index in [1.165, 1.54) is 0 Å². The van der Waals surface area contributed by atoms with Gasteiger partial charge in [-0.1, -0.05) is 30.3 Å². The Kier molecular flexibility index (Phi) is 4.72. The van der Waals surface area contributed by atoms with E-state index in [9.17, 15) is 13.3 Å². The molecule has 1 atom stereocenters. The molecule has 5 heteroatoms. The monoisotopic (exact) mass is 281 g/mol. The molecule has 0 bridgehead atoms. The normalized spacial score (nSPS) is 11.4. The molecular formula is C14H12F2O2P+. The smallest absolute Gasteiger partial charge is 0.207 e. The van der Waals surface area contributed by atoms with Crippen LogP contribution in [-0.4, -0.2) is 0 Å². The van der Waals surface area contributed by atoms with Gasteiger partial charge in [0.05, 0.1) is 0 Å². The molecular weight excluding hydrogens is 269 g/mol. The van der Waals surface area contributed by atoms with E-state index in [-0.39, 0.29) is 12.8 Å². The van der Waals surface area contributed by atoms with Crippen LogP contribution in [0.25, 0.3) is 0 Å². The molecule has 2 aromatic carbocycles. The first-order valence-electron chi connectivity index (χ1n) is 5.70. The molecule has 1 unspecified atom stereocenters. The molecule has 2 rings (SSSR count). The molecule has 2 nitrogen and oxygen atoms in total. The molecule has 0 heterocycles. The van der Waals surface area contributed by atoms with Crippen LogP contribution in [0.2, 0.25) is 0 Å². The molecule has 0 aliphatic rings. The summed E-state index contributed by atoms with van der Waals surface area (Å²) in [6.07, 6.45) is -0.00313. The Morgan fingerprint density at radius 3 is 2.21 bits per heavy atom. The van der Waals surface area contributed by atoms with Gasteiger partial charge in [0, 0.05) is 11.6 Å². The van der Waals surface area contributed by atoms with E-state index in [4.69, 9.17) is 4.52 Å². The third kappa shape index (κ3) is 4.51. The van der Waals surface area contributed by atoms with Gasteiger partial charge in [-0.3, -0.25) is 0 Å². The summed E-state index contributed by atoms with van der Waals surface area (Å²) in [5, 5.41) is 0. The van der Waals surface area contributed by atoms with Crippen LogP contribution in [-0.2, 0) is 21.9 Å². The predicted octanol–water partition coefficient (Wildman–Crippen LogP) is 4.42. The Morgan fingerprint density at radius 1 is 0.947 bits per heavy atom. The van der Waals surface area contributed by atoms with Crippen LogP contribution in [0, 0.1) is 11.6 Å². The largest absolute Gasteiger partial charge is 0.513 e. The van der Waals surface area contributed by atoms with E-state index in [1.54, 1.807) is 0 Å². The van der Waals surface area contributed by atoms with Crippen LogP contribution in [0.4, 0.5) is 8.78 Å². The maximum absolute atomic E-state index is 13.0. The number of hydrogen-bond acceptors (Lipinski definition) is 2. The molecule has 0 aliphatic carbocycles. The number of benzene rings is 2. The number of halogens is 2. The van der Waals surface area contributed by atoms with Crippen molar-refractivity contribution in [2.24, 2.45) is 0 Å². The molecule has 0 aromatic heterocycles. The summed E-state index contributed by atoms with van der Waals surface area (Å²) in [5.74, 6) is -1.36. The molecule has 19 heavy (non-hydrogen) atoms. The van der Waals surface area contributed by atoms with Crippen molar-refractivity contribution >= 4 is 8.03 Å². The summed E-state index contributed by atoms with van der Waals surface area (Å²) in [7, 11) is -1.99. The minimum Gasteiger partial charge on any atom is -0.207 e. The van der Waals surface area contributed by atoms with E-state index in [0.717, 1.165) is 23.8 Å². The highest BCUT2D eigenvalue weighted by atomic mass is 31.1. The van der Waals surface area contributed by atoms with Crippen LogP contribution < -0.4 is 0 Å². The Morgan fingerprint density at radius 2 is 1.58 bits per heavy atom. The minimum absolute atomic E-state index is 0.00313. The summed E-state index contributed by atoms with van der Waals surface area (Å²) in [6.45, 7) is 0.216. The van der Waals surface area contributed by atoms with E-state index in [0.29, 0.717) is 5.56 Å². The van der Waals surface area contributed by atoms with Crippen LogP contribution in [0.5, 0.6) is 0 Å². The third-order valence-corrected chi connectivity index (χ3v) is 3.49. The Bertz CT molecular complexity index is 553. The van der Waals surface area contributed by atoms with Gasteiger partial charge in [-0.05, 0) is 22.3 Å². The zero-order valence-corrected chi connectivity index (χ0v) is 10.9. The molecule has 0 saturated heterocycles. The van der Waals surface area contributed by atoms with E-state index >= 15 is 0 Å². The maximum Gasteiger partial charge on any atom is 0.513 e. The van der Waals surface area contributed by atoms with Crippen molar-refractivity contribution in [3.05, 3.63) is 71.3 Å². The van der Waals surface area contributed by atoms with Gasteiger partial charge in [0.15, 0.2) is 0 Å². The average molecular weight is 281 g/mol. The van der Waals surface area contributed by atoms with Crippen molar-refractivity contribution in [1.29, 1.82) is 0 Å². The van der Waals surface area contributed by atoms with Gasteiger partial charge in [0.25, 0.3) is 0 Å². The second kappa shape index (κ2) is 6.50. The molecule has 0 saturated carbocycles. The Labute approximate surface area is 110 Å². The zero-order chi connectivity index (χ0) is 13.7. The Hall–Kier alpha value is -1.64. The van der Waals surface area contributed by atoms with Crippen molar-refractivity contribution in [2.45, 2.75) is 12.8 Å². The highest BCUT2D eigenvalue weighted by Crippen LogP contribution is 2.30. The highest BCUT2D eigenvalue weighted by Gasteiger charge is 2.19. The summed E-state index contributed by atoms with van der Waals surface area (Å²) >= 11 is 0. The van der Waals surface area contributed by atoms with E-state index < -0.39 is 19.7 Å². The van der Waals surface area contributed by atoms with Crippen LogP contribution >= 0.6 is 8.03 Å². The second-order valence-electron chi connectivity index (χ2n) is 4.03. The topological polar surface area (TPSA) is 26.3 Å². The van der Waals surface area contributed by atoms with Gasteiger partial charge in [-0.15, -0.1) is 4.52 Å². The van der Waals surface area contributed by atoms with Crippen LogP contribution in [0.15, 0.2) is 48.5 Å². The lowest BCUT2D eigenvalue weighted by Gasteiger charge is -1.96. The molecule has 0 fully saturated rings. The fourth-order valence-corrected chi connectivity index (χ4v) is 2.48. The fourth-order valence-electron chi connectivity index (χ4n) is 1.62. The third-order valence-electron chi connectivity index (χ3n) is 2.45. The minimum atomic E-state index is -1.99. The molecule has 0 radical (unpaired) electrons. The number of rotatable bonds is 5. The molecule has 0 amide bonds. The van der Waals surface area contributed by atoms with Gasteiger partial charge in [0.1, 0.15) is 18.2 Å². The van der Waals surface area contributed by atoms with Gasteiger partial charge in [-0.2, -0.15) is 0 Å². The van der Waals surface area contributed by atoms with Crippen LogP contribution in [0.1, 0.15) is 11.1 Å². The quantitative estimate of drug-likeness (QED) is 0.758. The van der Waals surface area contributed by atoms with Crippen LogP contribution in [0.3, 0.4) is 0 Å². The highest BCUT2D eigenvalue weighted by molar-refractivity contribution is 7.38. The summed E-state index contributed by atoms with van der Waals surface area (Å²) in [6, 6.07) is 12.4. The first-order valence-corrected chi connectivity index (χ1v) is 7.06. The molecule has 0 aliphatic heterocycles.